The van der Waals surface area contributed by atoms with Crippen molar-refractivity contribution in [2.24, 2.45) is 7.05 Å². The van der Waals surface area contributed by atoms with Gasteiger partial charge in [-0.05, 0) is 94.3 Å². The molecule has 1 aliphatic carbocycles. The predicted molar refractivity (Wildman–Crippen MR) is 158 cm³/mol. The number of morpholine rings is 1. The molecule has 9 heteroatoms. The van der Waals surface area contributed by atoms with E-state index in [9.17, 15) is 19.1 Å². The fraction of sp³-hybridized carbons (Fsp3) is 0.455. The van der Waals surface area contributed by atoms with Crippen molar-refractivity contribution in [2.75, 3.05) is 19.8 Å². The van der Waals surface area contributed by atoms with Gasteiger partial charge in [0, 0.05) is 43.0 Å². The Bertz CT molecular complexity index is 1510. The van der Waals surface area contributed by atoms with E-state index in [1.54, 1.807) is 53.1 Å². The number of benzene rings is 2. The molecule has 1 amide bonds. The Labute approximate surface area is 245 Å². The molecular weight excluding hydrogens is 539 g/mol. The Balaban J connectivity index is 1.49. The Morgan fingerprint density at radius 2 is 1.67 bits per heavy atom. The minimum absolute atomic E-state index is 0.0327. The zero-order valence-corrected chi connectivity index (χ0v) is 24.9. The van der Waals surface area contributed by atoms with Crippen LogP contribution < -0.4 is 15.0 Å². The smallest absolute Gasteiger partial charge is 0.254 e. The summed E-state index contributed by atoms with van der Waals surface area (Å²) in [5.74, 6) is 1.15. The number of hydrogen-bond acceptors (Lipinski definition) is 6. The van der Waals surface area contributed by atoms with Crippen molar-refractivity contribution in [3.8, 4) is 28.4 Å². The van der Waals surface area contributed by atoms with Gasteiger partial charge in [-0.1, -0.05) is 6.07 Å². The molecule has 5 rings (SSSR count). The molecule has 2 fully saturated rings. The SMILES string of the molecule is Cc1cc(F)cc(C)c1Oc1ccc(C(C)(C)O)cc1-c1cn(C)c(=O)cc1OC1CCC(N2CCOCC2=O)CC1. The standard InChI is InChI=1S/C33H39FN2O6/c1-20-14-23(34)15-21(2)32(20)42-28-11-6-22(33(3,4)39)16-26(28)27-18-35(5)30(37)17-29(27)41-25-9-7-24(8-10-25)36-12-13-40-19-31(36)38/h6,11,14-18,24-25,39H,7-10,12-13,19H2,1-5H3. The maximum Gasteiger partial charge on any atom is 0.254 e. The summed E-state index contributed by atoms with van der Waals surface area (Å²) in [6.45, 7) is 8.30. The van der Waals surface area contributed by atoms with Gasteiger partial charge >= 0.3 is 0 Å². The topological polar surface area (TPSA) is 90.2 Å². The molecular formula is C33H39FN2O6. The average molecular weight is 579 g/mol. The lowest BCUT2D eigenvalue weighted by molar-refractivity contribution is -0.146. The lowest BCUT2D eigenvalue weighted by Gasteiger charge is -2.38. The summed E-state index contributed by atoms with van der Waals surface area (Å²) in [5, 5.41) is 10.8. The molecule has 1 saturated carbocycles. The van der Waals surface area contributed by atoms with Gasteiger partial charge in [-0.15, -0.1) is 0 Å². The van der Waals surface area contributed by atoms with Crippen LogP contribution in [0.25, 0.3) is 11.1 Å². The van der Waals surface area contributed by atoms with Crippen LogP contribution in [0.2, 0.25) is 0 Å². The molecule has 8 nitrogen and oxygen atoms in total. The van der Waals surface area contributed by atoms with Crippen molar-refractivity contribution in [1.82, 2.24) is 9.47 Å². The molecule has 3 aromatic rings. The molecule has 2 heterocycles. The van der Waals surface area contributed by atoms with Crippen molar-refractivity contribution in [3.05, 3.63) is 75.5 Å². The van der Waals surface area contributed by atoms with Crippen LogP contribution in [0.4, 0.5) is 4.39 Å². The minimum atomic E-state index is -1.13. The third-order valence-corrected chi connectivity index (χ3v) is 8.20. The third-order valence-electron chi connectivity index (χ3n) is 8.20. The molecule has 1 saturated heterocycles. The molecule has 0 atom stereocenters. The molecule has 42 heavy (non-hydrogen) atoms. The Kier molecular flexibility index (Phi) is 8.44. The molecule has 0 spiro atoms. The van der Waals surface area contributed by atoms with Gasteiger partial charge in [0.1, 0.15) is 29.7 Å². The van der Waals surface area contributed by atoms with Crippen LogP contribution in [0, 0.1) is 19.7 Å². The highest BCUT2D eigenvalue weighted by Gasteiger charge is 2.32. The summed E-state index contributed by atoms with van der Waals surface area (Å²) < 4.78 is 33.7. The van der Waals surface area contributed by atoms with Crippen molar-refractivity contribution in [3.63, 3.8) is 0 Å². The van der Waals surface area contributed by atoms with Crippen molar-refractivity contribution in [1.29, 1.82) is 0 Å². The van der Waals surface area contributed by atoms with Crippen LogP contribution in [0.5, 0.6) is 17.2 Å². The Morgan fingerprint density at radius 3 is 2.31 bits per heavy atom. The van der Waals surface area contributed by atoms with Crippen molar-refractivity contribution in [2.45, 2.75) is 71.1 Å². The Morgan fingerprint density at radius 1 is 0.976 bits per heavy atom. The molecule has 0 bridgehead atoms. The maximum atomic E-state index is 14.0. The highest BCUT2D eigenvalue weighted by molar-refractivity contribution is 5.78. The second kappa shape index (κ2) is 11.9. The van der Waals surface area contributed by atoms with Gasteiger partial charge < -0.3 is 28.8 Å². The number of ether oxygens (including phenoxy) is 3. The predicted octanol–water partition coefficient (Wildman–Crippen LogP) is 5.38. The fourth-order valence-corrected chi connectivity index (χ4v) is 5.86. The van der Waals surface area contributed by atoms with Gasteiger partial charge in [-0.3, -0.25) is 9.59 Å². The van der Waals surface area contributed by atoms with E-state index < -0.39 is 5.60 Å². The molecule has 0 radical (unpaired) electrons. The second-order valence-corrected chi connectivity index (χ2v) is 11.9. The Hall–Kier alpha value is -3.69. The van der Waals surface area contributed by atoms with E-state index in [4.69, 9.17) is 14.2 Å². The van der Waals surface area contributed by atoms with E-state index in [2.05, 4.69) is 0 Å². The number of nitrogens with zero attached hydrogens (tertiary/aromatic N) is 2. The average Bonchev–Trinajstić information content (AvgIpc) is 2.93. The summed E-state index contributed by atoms with van der Waals surface area (Å²) in [6.07, 6.45) is 4.68. The first-order chi connectivity index (χ1) is 19.9. The third kappa shape index (κ3) is 6.37. The minimum Gasteiger partial charge on any atom is -0.490 e. The first-order valence-electron chi connectivity index (χ1n) is 14.5. The molecule has 0 unspecified atom stereocenters. The van der Waals surface area contributed by atoms with E-state index in [0.29, 0.717) is 58.2 Å². The number of aromatic nitrogens is 1. The van der Waals surface area contributed by atoms with E-state index in [0.717, 1.165) is 25.7 Å². The van der Waals surface area contributed by atoms with Gasteiger partial charge in [0.25, 0.3) is 5.56 Å². The van der Waals surface area contributed by atoms with Crippen LogP contribution in [0.15, 0.2) is 47.4 Å². The van der Waals surface area contributed by atoms with Gasteiger partial charge in [-0.25, -0.2) is 4.39 Å². The van der Waals surface area contributed by atoms with Crippen molar-refractivity contribution < 1.29 is 28.5 Å². The summed E-state index contributed by atoms with van der Waals surface area (Å²) in [7, 11) is 1.68. The molecule has 1 N–H and O–H groups in total. The molecule has 2 aliphatic rings. The van der Waals surface area contributed by atoms with Crippen LogP contribution in [-0.4, -0.2) is 52.4 Å². The number of aliphatic hydroxyl groups is 1. The van der Waals surface area contributed by atoms with E-state index in [-0.39, 0.29) is 36.0 Å². The number of rotatable bonds is 7. The molecule has 224 valence electrons. The highest BCUT2D eigenvalue weighted by atomic mass is 19.1. The zero-order chi connectivity index (χ0) is 30.2. The van der Waals surface area contributed by atoms with E-state index >= 15 is 0 Å². The number of aryl methyl sites for hydroxylation is 3. The number of carbonyl (C=O) groups excluding carboxylic acids is 1. The molecule has 1 aromatic heterocycles. The van der Waals surface area contributed by atoms with Gasteiger partial charge in [-0.2, -0.15) is 0 Å². The zero-order valence-electron chi connectivity index (χ0n) is 24.9. The number of halogens is 1. The summed E-state index contributed by atoms with van der Waals surface area (Å²) in [4.78, 5) is 27.1. The number of pyridine rings is 1. The van der Waals surface area contributed by atoms with Crippen LogP contribution in [-0.2, 0) is 22.2 Å². The number of carbonyl (C=O) groups is 1. The van der Waals surface area contributed by atoms with Crippen LogP contribution in [0.3, 0.4) is 0 Å². The van der Waals surface area contributed by atoms with E-state index in [1.807, 2.05) is 11.0 Å². The quantitative estimate of drug-likeness (QED) is 0.405. The lowest BCUT2D eigenvalue weighted by Crippen LogP contribution is -2.49. The summed E-state index contributed by atoms with van der Waals surface area (Å²) in [6, 6.07) is 9.92. The lowest BCUT2D eigenvalue weighted by atomic mass is 9.91. The normalized spacial score (nSPS) is 19.6. The van der Waals surface area contributed by atoms with E-state index in [1.165, 1.54) is 22.8 Å². The summed E-state index contributed by atoms with van der Waals surface area (Å²) >= 11 is 0. The first-order valence-corrected chi connectivity index (χ1v) is 14.5. The second-order valence-electron chi connectivity index (χ2n) is 11.9. The monoisotopic (exact) mass is 578 g/mol. The summed E-state index contributed by atoms with van der Waals surface area (Å²) in [5.41, 5.74) is 1.89. The fourth-order valence-electron chi connectivity index (χ4n) is 5.86. The first kappa shape index (κ1) is 29.8. The molecule has 1 aliphatic heterocycles. The van der Waals surface area contributed by atoms with Gasteiger partial charge in [0.15, 0.2) is 0 Å². The maximum absolute atomic E-state index is 14.0. The van der Waals surface area contributed by atoms with Crippen molar-refractivity contribution >= 4 is 5.91 Å². The molecule has 2 aromatic carbocycles. The van der Waals surface area contributed by atoms with Gasteiger partial charge in [0.2, 0.25) is 5.91 Å². The highest BCUT2D eigenvalue weighted by Crippen LogP contribution is 2.42. The largest absolute Gasteiger partial charge is 0.490 e. The number of amides is 1. The van der Waals surface area contributed by atoms with Crippen LogP contribution in [0.1, 0.15) is 56.2 Å². The van der Waals surface area contributed by atoms with Crippen LogP contribution >= 0.6 is 0 Å². The number of hydrogen-bond donors (Lipinski definition) is 1. The van der Waals surface area contributed by atoms with Gasteiger partial charge in [0.05, 0.1) is 18.3 Å².